The lowest BCUT2D eigenvalue weighted by Crippen LogP contribution is -2.38. The molecule has 0 bridgehead atoms. The van der Waals surface area contributed by atoms with E-state index in [1.165, 1.54) is 30.1 Å². The van der Waals surface area contributed by atoms with Crippen LogP contribution in [-0.2, 0) is 12.7 Å². The maximum Gasteiger partial charge on any atom is 0.416 e. The number of rotatable bonds is 6. The highest BCUT2D eigenvalue weighted by molar-refractivity contribution is 5.84. The van der Waals surface area contributed by atoms with Gasteiger partial charge in [0.1, 0.15) is 5.76 Å². The SMILES string of the molecule is CCOc1cccc2cc(C(C)NC(=O)N(C)Cc3ccccc3C(F)(F)F)oc12. The first-order chi connectivity index (χ1) is 14.2. The minimum absolute atomic E-state index is 0.0281. The number of fused-ring (bicyclic) bond motifs is 1. The molecule has 0 radical (unpaired) electrons. The van der Waals surface area contributed by atoms with E-state index < -0.39 is 23.8 Å². The molecule has 1 N–H and O–H groups in total. The van der Waals surface area contributed by atoms with Gasteiger partial charge in [-0.05, 0) is 37.6 Å². The number of nitrogens with one attached hydrogen (secondary N) is 1. The van der Waals surface area contributed by atoms with Crippen LogP contribution in [0.25, 0.3) is 11.0 Å². The number of ether oxygens (including phenoxy) is 1. The van der Waals surface area contributed by atoms with E-state index in [1.807, 2.05) is 25.1 Å². The number of hydrogen-bond donors (Lipinski definition) is 1. The third-order valence-electron chi connectivity index (χ3n) is 4.67. The second kappa shape index (κ2) is 8.69. The van der Waals surface area contributed by atoms with Crippen molar-refractivity contribution in [2.45, 2.75) is 32.6 Å². The Labute approximate surface area is 172 Å². The number of nitrogens with zero attached hydrogens (tertiary/aromatic N) is 1. The molecule has 1 heterocycles. The minimum Gasteiger partial charge on any atom is -0.490 e. The molecule has 8 heteroatoms. The van der Waals surface area contributed by atoms with Gasteiger partial charge in [-0.3, -0.25) is 0 Å². The highest BCUT2D eigenvalue weighted by atomic mass is 19.4. The lowest BCUT2D eigenvalue weighted by atomic mass is 10.1. The highest BCUT2D eigenvalue weighted by Gasteiger charge is 2.33. The fraction of sp³-hybridized carbons (Fsp3) is 0.318. The van der Waals surface area contributed by atoms with Crippen LogP contribution in [0.15, 0.2) is 52.9 Å². The molecule has 1 atom stereocenters. The average molecular weight is 420 g/mol. The van der Waals surface area contributed by atoms with Crippen LogP contribution < -0.4 is 10.1 Å². The van der Waals surface area contributed by atoms with Crippen LogP contribution in [0.1, 0.15) is 36.8 Å². The Morgan fingerprint density at radius 3 is 2.63 bits per heavy atom. The van der Waals surface area contributed by atoms with Gasteiger partial charge in [-0.2, -0.15) is 13.2 Å². The van der Waals surface area contributed by atoms with Gasteiger partial charge >= 0.3 is 12.2 Å². The quantitative estimate of drug-likeness (QED) is 0.552. The second-order valence-electron chi connectivity index (χ2n) is 6.94. The van der Waals surface area contributed by atoms with Crippen LogP contribution in [0, 0.1) is 0 Å². The number of hydrogen-bond acceptors (Lipinski definition) is 3. The number of furan rings is 1. The lowest BCUT2D eigenvalue weighted by Gasteiger charge is -2.22. The molecule has 3 aromatic rings. The summed E-state index contributed by atoms with van der Waals surface area (Å²) in [5.41, 5.74) is -0.137. The Morgan fingerprint density at radius 1 is 1.20 bits per heavy atom. The predicted molar refractivity (Wildman–Crippen MR) is 107 cm³/mol. The third-order valence-corrected chi connectivity index (χ3v) is 4.67. The number of benzene rings is 2. The van der Waals surface area contributed by atoms with E-state index in [0.29, 0.717) is 23.7 Å². The van der Waals surface area contributed by atoms with E-state index in [9.17, 15) is 18.0 Å². The van der Waals surface area contributed by atoms with E-state index >= 15 is 0 Å². The number of carbonyl (C=O) groups excluding carboxylic acids is 1. The summed E-state index contributed by atoms with van der Waals surface area (Å²) in [6, 6.07) is 11.6. The minimum atomic E-state index is -4.48. The van der Waals surface area contributed by atoms with E-state index in [1.54, 1.807) is 13.0 Å². The van der Waals surface area contributed by atoms with Crippen molar-refractivity contribution < 1.29 is 27.1 Å². The molecule has 0 saturated heterocycles. The topological polar surface area (TPSA) is 54.7 Å². The van der Waals surface area contributed by atoms with E-state index in [0.717, 1.165) is 11.5 Å². The van der Waals surface area contributed by atoms with Gasteiger partial charge in [0.2, 0.25) is 0 Å². The smallest absolute Gasteiger partial charge is 0.416 e. The van der Waals surface area contributed by atoms with Crippen LogP contribution in [0.3, 0.4) is 0 Å². The maximum absolute atomic E-state index is 13.2. The molecule has 30 heavy (non-hydrogen) atoms. The Morgan fingerprint density at radius 2 is 1.93 bits per heavy atom. The molecule has 3 rings (SSSR count). The van der Waals surface area contributed by atoms with E-state index in [2.05, 4.69) is 5.32 Å². The maximum atomic E-state index is 13.2. The van der Waals surface area contributed by atoms with Crippen molar-refractivity contribution in [3.05, 3.63) is 65.4 Å². The monoisotopic (exact) mass is 420 g/mol. The first-order valence-electron chi connectivity index (χ1n) is 9.52. The van der Waals surface area contributed by atoms with Gasteiger partial charge in [0, 0.05) is 19.0 Å². The molecule has 5 nitrogen and oxygen atoms in total. The van der Waals surface area contributed by atoms with Gasteiger partial charge in [-0.25, -0.2) is 4.79 Å². The summed E-state index contributed by atoms with van der Waals surface area (Å²) in [6.07, 6.45) is -4.48. The van der Waals surface area contributed by atoms with Crippen LogP contribution in [-0.4, -0.2) is 24.6 Å². The molecule has 0 aliphatic carbocycles. The molecule has 2 aromatic carbocycles. The number of carbonyl (C=O) groups is 1. The summed E-state index contributed by atoms with van der Waals surface area (Å²) in [5.74, 6) is 1.13. The molecule has 2 amide bonds. The molecule has 160 valence electrons. The lowest BCUT2D eigenvalue weighted by molar-refractivity contribution is -0.138. The number of alkyl halides is 3. The molecule has 0 aliphatic heterocycles. The zero-order valence-corrected chi connectivity index (χ0v) is 16.9. The molecule has 1 aromatic heterocycles. The van der Waals surface area contributed by atoms with Crippen LogP contribution in [0.4, 0.5) is 18.0 Å². The first kappa shape index (κ1) is 21.5. The van der Waals surface area contributed by atoms with Gasteiger partial charge in [-0.1, -0.05) is 30.3 Å². The molecule has 0 spiro atoms. The van der Waals surface area contributed by atoms with Crippen molar-refractivity contribution in [3.8, 4) is 5.75 Å². The van der Waals surface area contributed by atoms with Crippen molar-refractivity contribution in [1.82, 2.24) is 10.2 Å². The molecule has 0 aliphatic rings. The Balaban J connectivity index is 1.72. The van der Waals surface area contributed by atoms with Gasteiger partial charge in [0.15, 0.2) is 11.3 Å². The summed E-state index contributed by atoms with van der Waals surface area (Å²) in [4.78, 5) is 13.7. The van der Waals surface area contributed by atoms with Gasteiger partial charge in [0.05, 0.1) is 18.2 Å². The molecular weight excluding hydrogens is 397 g/mol. The third kappa shape index (κ3) is 4.69. The molecule has 1 unspecified atom stereocenters. The fourth-order valence-electron chi connectivity index (χ4n) is 3.17. The Hall–Kier alpha value is -3.16. The van der Waals surface area contributed by atoms with Crippen molar-refractivity contribution >= 4 is 17.0 Å². The molecule has 0 fully saturated rings. The van der Waals surface area contributed by atoms with Gasteiger partial charge in [-0.15, -0.1) is 0 Å². The Bertz CT molecular complexity index is 1030. The van der Waals surface area contributed by atoms with Gasteiger partial charge in [0.25, 0.3) is 0 Å². The first-order valence-corrected chi connectivity index (χ1v) is 9.52. The van der Waals surface area contributed by atoms with Crippen LogP contribution >= 0.6 is 0 Å². The zero-order valence-electron chi connectivity index (χ0n) is 16.9. The predicted octanol–water partition coefficient (Wildman–Crippen LogP) is 5.75. The summed E-state index contributed by atoms with van der Waals surface area (Å²) in [7, 11) is 1.45. The highest BCUT2D eigenvalue weighted by Crippen LogP contribution is 2.33. The van der Waals surface area contributed by atoms with Crippen LogP contribution in [0.5, 0.6) is 5.75 Å². The molecular formula is C22H23F3N2O3. The van der Waals surface area contributed by atoms with Crippen molar-refractivity contribution in [2.24, 2.45) is 0 Å². The largest absolute Gasteiger partial charge is 0.490 e. The standard InChI is InChI=1S/C22H23F3N2O3/c1-4-29-18-11-7-9-15-12-19(30-20(15)18)14(2)26-21(28)27(3)13-16-8-5-6-10-17(16)22(23,24)25/h5-12,14H,4,13H2,1-3H3,(H,26,28). The summed E-state index contributed by atoms with van der Waals surface area (Å²) < 4.78 is 51.0. The fourth-order valence-corrected chi connectivity index (χ4v) is 3.17. The summed E-state index contributed by atoms with van der Waals surface area (Å²) in [5, 5.41) is 3.60. The Kier molecular flexibility index (Phi) is 6.24. The van der Waals surface area contributed by atoms with Crippen molar-refractivity contribution in [3.63, 3.8) is 0 Å². The zero-order chi connectivity index (χ0) is 21.9. The van der Waals surface area contributed by atoms with Crippen molar-refractivity contribution in [2.75, 3.05) is 13.7 Å². The molecule has 0 saturated carbocycles. The van der Waals surface area contributed by atoms with E-state index in [-0.39, 0.29) is 12.1 Å². The summed E-state index contributed by atoms with van der Waals surface area (Å²) >= 11 is 0. The number of urea groups is 1. The average Bonchev–Trinajstić information content (AvgIpc) is 3.13. The number of para-hydroxylation sites is 1. The van der Waals surface area contributed by atoms with Crippen LogP contribution in [0.2, 0.25) is 0 Å². The summed E-state index contributed by atoms with van der Waals surface area (Å²) in [6.45, 7) is 3.93. The normalized spacial score (nSPS) is 12.6. The van der Waals surface area contributed by atoms with E-state index in [4.69, 9.17) is 9.15 Å². The van der Waals surface area contributed by atoms with Gasteiger partial charge < -0.3 is 19.4 Å². The van der Waals surface area contributed by atoms with Crippen molar-refractivity contribution in [1.29, 1.82) is 0 Å². The number of halogens is 3. The second-order valence-corrected chi connectivity index (χ2v) is 6.94. The number of amides is 2.